The smallest absolute Gasteiger partial charge is 0.225 e. The molecule has 0 aliphatic heterocycles. The molecule has 0 saturated carbocycles. The van der Waals surface area contributed by atoms with Gasteiger partial charge in [0, 0.05) is 30.1 Å². The van der Waals surface area contributed by atoms with Gasteiger partial charge in [-0.25, -0.2) is 4.98 Å². The largest absolute Gasteiger partial charge is 0.352 e. The molecule has 134 valence electrons. The van der Waals surface area contributed by atoms with Gasteiger partial charge < -0.3 is 10.6 Å². The molecule has 0 radical (unpaired) electrons. The summed E-state index contributed by atoms with van der Waals surface area (Å²) in [6.07, 6.45) is 4.43. The summed E-state index contributed by atoms with van der Waals surface area (Å²) in [4.78, 5) is 13.2. The average Bonchev–Trinajstić information content (AvgIpc) is 2.65. The van der Waals surface area contributed by atoms with Gasteiger partial charge in [0.2, 0.25) is 5.95 Å². The van der Waals surface area contributed by atoms with Crippen molar-refractivity contribution in [2.45, 2.75) is 26.3 Å². The molecular formula is C19H19Cl2N5. The van der Waals surface area contributed by atoms with Crippen molar-refractivity contribution < 1.29 is 0 Å². The minimum absolute atomic E-state index is 0.249. The molecule has 0 fully saturated rings. The average molecular weight is 388 g/mol. The molecule has 7 heteroatoms. The summed E-state index contributed by atoms with van der Waals surface area (Å²) in [5.41, 5.74) is 2.34. The Kier molecular flexibility index (Phi) is 5.91. The number of para-hydroxylation sites is 1. The molecule has 0 amide bonds. The summed E-state index contributed by atoms with van der Waals surface area (Å²) in [5.74, 6) is 1.15. The first-order valence-electron chi connectivity index (χ1n) is 8.34. The monoisotopic (exact) mass is 387 g/mol. The standard InChI is InChI=1S/C19H19Cl2N5/c1-3-12(2)23-19-24-16(13-7-9-22-10-8-13)11-17(26-19)25-18-14(20)5-4-6-15(18)21/h4-12H,3H2,1-2H3,(H2,23,24,25,26)/t12-/m1/s1. The first-order valence-corrected chi connectivity index (χ1v) is 9.09. The molecule has 3 aromatic rings. The van der Waals surface area contributed by atoms with Gasteiger partial charge in [-0.3, -0.25) is 4.98 Å². The maximum Gasteiger partial charge on any atom is 0.225 e. The second kappa shape index (κ2) is 8.34. The van der Waals surface area contributed by atoms with E-state index in [4.69, 9.17) is 23.2 Å². The van der Waals surface area contributed by atoms with Crippen LogP contribution in [0.1, 0.15) is 20.3 Å². The number of aromatic nitrogens is 3. The topological polar surface area (TPSA) is 62.7 Å². The molecule has 5 nitrogen and oxygen atoms in total. The highest BCUT2D eigenvalue weighted by atomic mass is 35.5. The first-order chi connectivity index (χ1) is 12.6. The summed E-state index contributed by atoms with van der Waals surface area (Å²) in [6.45, 7) is 4.19. The van der Waals surface area contributed by atoms with Gasteiger partial charge in [-0.2, -0.15) is 4.98 Å². The van der Waals surface area contributed by atoms with E-state index < -0.39 is 0 Å². The van der Waals surface area contributed by atoms with Crippen molar-refractivity contribution in [2.75, 3.05) is 10.6 Å². The number of rotatable bonds is 6. The molecule has 3 rings (SSSR count). The summed E-state index contributed by atoms with van der Waals surface area (Å²) in [5, 5.41) is 7.58. The number of nitrogens with one attached hydrogen (secondary N) is 2. The van der Waals surface area contributed by atoms with Gasteiger partial charge in [-0.1, -0.05) is 36.2 Å². The van der Waals surface area contributed by atoms with Crippen LogP contribution in [0.4, 0.5) is 17.5 Å². The minimum atomic E-state index is 0.249. The summed E-state index contributed by atoms with van der Waals surface area (Å²) in [7, 11) is 0. The fourth-order valence-corrected chi connectivity index (χ4v) is 2.81. The number of anilines is 3. The van der Waals surface area contributed by atoms with Crippen molar-refractivity contribution in [2.24, 2.45) is 0 Å². The fraction of sp³-hybridized carbons (Fsp3) is 0.211. The van der Waals surface area contributed by atoms with Crippen LogP contribution in [0.5, 0.6) is 0 Å². The molecular weight excluding hydrogens is 369 g/mol. The van der Waals surface area contributed by atoms with Crippen LogP contribution < -0.4 is 10.6 Å². The van der Waals surface area contributed by atoms with Crippen molar-refractivity contribution in [1.29, 1.82) is 0 Å². The molecule has 26 heavy (non-hydrogen) atoms. The van der Waals surface area contributed by atoms with Crippen molar-refractivity contribution in [1.82, 2.24) is 15.0 Å². The van der Waals surface area contributed by atoms with Crippen LogP contribution in [0.15, 0.2) is 48.8 Å². The molecule has 1 aromatic carbocycles. The third kappa shape index (κ3) is 4.42. The van der Waals surface area contributed by atoms with Gasteiger partial charge in [-0.05, 0) is 37.6 Å². The van der Waals surface area contributed by atoms with E-state index in [9.17, 15) is 0 Å². The van der Waals surface area contributed by atoms with E-state index in [0.717, 1.165) is 17.7 Å². The van der Waals surface area contributed by atoms with E-state index in [-0.39, 0.29) is 6.04 Å². The minimum Gasteiger partial charge on any atom is -0.352 e. The lowest BCUT2D eigenvalue weighted by molar-refractivity contribution is 0.753. The number of hydrogen-bond donors (Lipinski definition) is 2. The Labute approximate surface area is 162 Å². The lowest BCUT2D eigenvalue weighted by Crippen LogP contribution is -2.16. The maximum absolute atomic E-state index is 6.27. The molecule has 2 N–H and O–H groups in total. The number of nitrogens with zero attached hydrogens (tertiary/aromatic N) is 3. The fourth-order valence-electron chi connectivity index (χ4n) is 2.31. The number of hydrogen-bond acceptors (Lipinski definition) is 5. The molecule has 0 saturated heterocycles. The maximum atomic E-state index is 6.27. The van der Waals surface area contributed by atoms with E-state index in [0.29, 0.717) is 27.5 Å². The van der Waals surface area contributed by atoms with Gasteiger partial charge in [0.25, 0.3) is 0 Å². The van der Waals surface area contributed by atoms with E-state index in [1.54, 1.807) is 30.6 Å². The Morgan fingerprint density at radius 3 is 2.38 bits per heavy atom. The van der Waals surface area contributed by atoms with Gasteiger partial charge in [0.05, 0.1) is 21.4 Å². The highest BCUT2D eigenvalue weighted by molar-refractivity contribution is 6.39. The third-order valence-corrected chi connectivity index (χ3v) is 4.54. The van der Waals surface area contributed by atoms with E-state index in [2.05, 4.69) is 39.4 Å². The molecule has 0 spiro atoms. The summed E-state index contributed by atoms with van der Waals surface area (Å²) >= 11 is 12.5. The van der Waals surface area contributed by atoms with Gasteiger partial charge in [0.15, 0.2) is 0 Å². The third-order valence-electron chi connectivity index (χ3n) is 3.91. The molecule has 1 atom stereocenters. The molecule has 0 unspecified atom stereocenters. The van der Waals surface area contributed by atoms with Crippen LogP contribution in [-0.4, -0.2) is 21.0 Å². The van der Waals surface area contributed by atoms with Crippen LogP contribution in [0, 0.1) is 0 Å². The quantitative estimate of drug-likeness (QED) is 0.559. The van der Waals surface area contributed by atoms with Crippen LogP contribution in [0.3, 0.4) is 0 Å². The highest BCUT2D eigenvalue weighted by Gasteiger charge is 2.11. The normalized spacial score (nSPS) is 11.8. The van der Waals surface area contributed by atoms with Crippen LogP contribution in [0.2, 0.25) is 10.0 Å². The van der Waals surface area contributed by atoms with Gasteiger partial charge in [0.1, 0.15) is 5.82 Å². The van der Waals surface area contributed by atoms with Crippen LogP contribution in [-0.2, 0) is 0 Å². The Morgan fingerprint density at radius 1 is 1.04 bits per heavy atom. The Morgan fingerprint density at radius 2 is 1.73 bits per heavy atom. The zero-order chi connectivity index (χ0) is 18.5. The lowest BCUT2D eigenvalue weighted by Gasteiger charge is -2.15. The number of halogens is 2. The van der Waals surface area contributed by atoms with E-state index in [1.807, 2.05) is 18.2 Å². The highest BCUT2D eigenvalue weighted by Crippen LogP contribution is 2.33. The molecule has 0 bridgehead atoms. The second-order valence-corrected chi connectivity index (χ2v) is 6.69. The zero-order valence-electron chi connectivity index (χ0n) is 14.5. The molecule has 2 aromatic heterocycles. The first kappa shape index (κ1) is 18.4. The Hall–Kier alpha value is -2.37. The summed E-state index contributed by atoms with van der Waals surface area (Å²) in [6, 6.07) is 11.3. The predicted octanol–water partition coefficient (Wildman–Crippen LogP) is 5.80. The number of benzene rings is 1. The zero-order valence-corrected chi connectivity index (χ0v) is 16.0. The molecule has 2 heterocycles. The predicted molar refractivity (Wildman–Crippen MR) is 108 cm³/mol. The summed E-state index contributed by atoms with van der Waals surface area (Å²) < 4.78 is 0. The lowest BCUT2D eigenvalue weighted by atomic mass is 10.2. The SMILES string of the molecule is CC[C@@H](C)Nc1nc(Nc2c(Cl)cccc2Cl)cc(-c2ccncc2)n1. The van der Waals surface area contributed by atoms with E-state index >= 15 is 0 Å². The van der Waals surface area contributed by atoms with Crippen LogP contribution >= 0.6 is 23.2 Å². The Balaban J connectivity index is 2.02. The molecule has 0 aliphatic rings. The molecule has 0 aliphatic carbocycles. The van der Waals surface area contributed by atoms with Crippen molar-refractivity contribution in [3.8, 4) is 11.3 Å². The van der Waals surface area contributed by atoms with Crippen molar-refractivity contribution in [3.63, 3.8) is 0 Å². The van der Waals surface area contributed by atoms with E-state index in [1.165, 1.54) is 0 Å². The van der Waals surface area contributed by atoms with Crippen molar-refractivity contribution >= 4 is 40.7 Å². The van der Waals surface area contributed by atoms with Crippen molar-refractivity contribution in [3.05, 3.63) is 58.8 Å². The van der Waals surface area contributed by atoms with Gasteiger partial charge >= 0.3 is 0 Å². The second-order valence-electron chi connectivity index (χ2n) is 5.87. The Bertz CT molecular complexity index is 866. The number of pyridine rings is 1. The van der Waals surface area contributed by atoms with Crippen LogP contribution in [0.25, 0.3) is 11.3 Å². The van der Waals surface area contributed by atoms with Gasteiger partial charge in [-0.15, -0.1) is 0 Å².